The van der Waals surface area contributed by atoms with Crippen molar-refractivity contribution in [2.24, 2.45) is 0 Å². The molecule has 1 heteroatoms. The minimum Gasteiger partial charge on any atom is -0.159 e. The molecular formula is C10H21S. The quantitative estimate of drug-likeness (QED) is 0.526. The van der Waals surface area contributed by atoms with E-state index in [0.717, 1.165) is 11.7 Å². The largest absolute Gasteiger partial charge is 0.159 e. The van der Waals surface area contributed by atoms with Crippen LogP contribution in [-0.4, -0.2) is 11.0 Å². The van der Waals surface area contributed by atoms with Gasteiger partial charge in [-0.15, -0.1) is 0 Å². The molecule has 0 aromatic heterocycles. The molecule has 0 nitrogen and oxygen atoms in total. The van der Waals surface area contributed by atoms with E-state index < -0.39 is 0 Å². The van der Waals surface area contributed by atoms with Crippen molar-refractivity contribution in [3.05, 3.63) is 6.92 Å². The molecular weight excluding hydrogens is 152 g/mol. The van der Waals surface area contributed by atoms with Gasteiger partial charge in [-0.1, -0.05) is 40.0 Å². The number of hydrogen-bond donors (Lipinski definition) is 0. The average molecular weight is 173 g/mol. The molecule has 0 bridgehead atoms. The third kappa shape index (κ3) is 8.25. The molecule has 0 saturated carbocycles. The molecule has 0 aromatic carbocycles. The molecule has 0 N–H and O–H groups in total. The predicted molar refractivity (Wildman–Crippen MR) is 56.0 cm³/mol. The Labute approximate surface area is 76.1 Å². The summed E-state index contributed by atoms with van der Waals surface area (Å²) in [6, 6.07) is 0. The second kappa shape index (κ2) is 8.45. The molecule has 0 aliphatic carbocycles. The lowest BCUT2D eigenvalue weighted by atomic mass is 10.2. The Morgan fingerprint density at radius 1 is 1.27 bits per heavy atom. The normalized spacial score (nSPS) is 13.4. The van der Waals surface area contributed by atoms with Crippen LogP contribution >= 0.6 is 11.8 Å². The van der Waals surface area contributed by atoms with Crippen LogP contribution in [0, 0.1) is 6.92 Å². The van der Waals surface area contributed by atoms with Crippen LogP contribution in [0.5, 0.6) is 0 Å². The fourth-order valence-corrected chi connectivity index (χ4v) is 1.87. The molecule has 1 unspecified atom stereocenters. The summed E-state index contributed by atoms with van der Waals surface area (Å²) in [7, 11) is 0. The summed E-state index contributed by atoms with van der Waals surface area (Å²) in [5.41, 5.74) is 0. The first kappa shape index (κ1) is 11.4. The van der Waals surface area contributed by atoms with Crippen molar-refractivity contribution in [2.45, 2.75) is 51.2 Å². The molecule has 0 rings (SSSR count). The first-order chi connectivity index (χ1) is 5.31. The Kier molecular flexibility index (Phi) is 8.72. The molecule has 1 radical (unpaired) electrons. The van der Waals surface area contributed by atoms with Crippen molar-refractivity contribution in [3.63, 3.8) is 0 Å². The van der Waals surface area contributed by atoms with Gasteiger partial charge in [-0.05, 0) is 18.6 Å². The van der Waals surface area contributed by atoms with Crippen molar-refractivity contribution >= 4 is 11.8 Å². The van der Waals surface area contributed by atoms with Gasteiger partial charge in [0.2, 0.25) is 0 Å². The highest BCUT2D eigenvalue weighted by molar-refractivity contribution is 7.99. The third-order valence-electron chi connectivity index (χ3n) is 1.87. The van der Waals surface area contributed by atoms with Gasteiger partial charge >= 0.3 is 0 Å². The van der Waals surface area contributed by atoms with E-state index in [2.05, 4.69) is 32.5 Å². The van der Waals surface area contributed by atoms with E-state index in [0.29, 0.717) is 0 Å². The monoisotopic (exact) mass is 173 g/mol. The first-order valence-electron chi connectivity index (χ1n) is 4.72. The first-order valence-corrected chi connectivity index (χ1v) is 5.77. The molecule has 0 fully saturated rings. The van der Waals surface area contributed by atoms with Gasteiger partial charge in [-0.3, -0.25) is 0 Å². The third-order valence-corrected chi connectivity index (χ3v) is 3.30. The SMILES string of the molecule is [CH2]CCCCCSC(C)CC. The topological polar surface area (TPSA) is 0 Å². The van der Waals surface area contributed by atoms with Crippen molar-refractivity contribution in [1.82, 2.24) is 0 Å². The maximum Gasteiger partial charge on any atom is 0.00160 e. The second-order valence-corrected chi connectivity index (χ2v) is 4.55. The van der Waals surface area contributed by atoms with Gasteiger partial charge in [0, 0.05) is 5.25 Å². The molecule has 11 heavy (non-hydrogen) atoms. The maximum atomic E-state index is 3.83. The van der Waals surface area contributed by atoms with Crippen LogP contribution < -0.4 is 0 Å². The van der Waals surface area contributed by atoms with Crippen molar-refractivity contribution in [1.29, 1.82) is 0 Å². The second-order valence-electron chi connectivity index (χ2n) is 3.00. The molecule has 0 aromatic rings. The fraction of sp³-hybridized carbons (Fsp3) is 0.900. The summed E-state index contributed by atoms with van der Waals surface area (Å²) >= 11 is 2.11. The number of hydrogen-bond acceptors (Lipinski definition) is 1. The van der Waals surface area contributed by atoms with Crippen molar-refractivity contribution in [2.75, 3.05) is 5.75 Å². The van der Waals surface area contributed by atoms with E-state index in [4.69, 9.17) is 0 Å². The van der Waals surface area contributed by atoms with Crippen LogP contribution in [0.3, 0.4) is 0 Å². The highest BCUT2D eigenvalue weighted by atomic mass is 32.2. The van der Waals surface area contributed by atoms with Crippen LogP contribution in [0.2, 0.25) is 0 Å². The van der Waals surface area contributed by atoms with Gasteiger partial charge in [-0.2, -0.15) is 11.8 Å². The maximum absolute atomic E-state index is 3.83. The molecule has 0 aliphatic heterocycles. The molecule has 1 atom stereocenters. The predicted octanol–water partition coefficient (Wildman–Crippen LogP) is 3.91. The Balaban J connectivity index is 2.89. The van der Waals surface area contributed by atoms with Crippen LogP contribution in [-0.2, 0) is 0 Å². The standard InChI is InChI=1S/C10H21S/c1-4-6-7-8-9-11-10(3)5-2/h10H,1,4-9H2,2-3H3. The highest BCUT2D eigenvalue weighted by Crippen LogP contribution is 2.15. The van der Waals surface area contributed by atoms with Crippen molar-refractivity contribution in [3.8, 4) is 0 Å². The molecule has 0 heterocycles. The van der Waals surface area contributed by atoms with Gasteiger partial charge in [0.25, 0.3) is 0 Å². The van der Waals surface area contributed by atoms with Crippen molar-refractivity contribution < 1.29 is 0 Å². The smallest absolute Gasteiger partial charge is 0.00160 e. The summed E-state index contributed by atoms with van der Waals surface area (Å²) in [4.78, 5) is 0. The summed E-state index contributed by atoms with van der Waals surface area (Å²) in [6.07, 6.45) is 6.46. The molecule has 0 spiro atoms. The lowest BCUT2D eigenvalue weighted by Gasteiger charge is -2.06. The van der Waals surface area contributed by atoms with E-state index in [1.54, 1.807) is 0 Å². The lowest BCUT2D eigenvalue weighted by Crippen LogP contribution is -1.94. The zero-order valence-electron chi connectivity index (χ0n) is 7.94. The van der Waals surface area contributed by atoms with E-state index in [1.807, 2.05) is 0 Å². The van der Waals surface area contributed by atoms with Gasteiger partial charge in [0.15, 0.2) is 0 Å². The van der Waals surface area contributed by atoms with Crippen LogP contribution in [0.1, 0.15) is 46.0 Å². The average Bonchev–Trinajstić information content (AvgIpc) is 2.04. The van der Waals surface area contributed by atoms with Gasteiger partial charge < -0.3 is 0 Å². The van der Waals surface area contributed by atoms with E-state index >= 15 is 0 Å². The van der Waals surface area contributed by atoms with E-state index in [1.165, 1.54) is 31.4 Å². The minimum atomic E-state index is 0.856. The summed E-state index contributed by atoms with van der Waals surface area (Å²) in [5, 5.41) is 0.856. The number of thioether (sulfide) groups is 1. The lowest BCUT2D eigenvalue weighted by molar-refractivity contribution is 0.731. The van der Waals surface area contributed by atoms with Gasteiger partial charge in [-0.25, -0.2) is 0 Å². The Hall–Kier alpha value is 0.350. The van der Waals surface area contributed by atoms with Gasteiger partial charge in [0.05, 0.1) is 0 Å². The summed E-state index contributed by atoms with van der Waals surface area (Å²) in [5.74, 6) is 1.34. The van der Waals surface area contributed by atoms with E-state index in [9.17, 15) is 0 Å². The fourth-order valence-electron chi connectivity index (χ4n) is 0.858. The molecule has 0 saturated heterocycles. The Morgan fingerprint density at radius 2 is 2.00 bits per heavy atom. The highest BCUT2D eigenvalue weighted by Gasteiger charge is 1.97. The van der Waals surface area contributed by atoms with Gasteiger partial charge in [0.1, 0.15) is 0 Å². The molecule has 0 aliphatic rings. The number of rotatable bonds is 7. The number of unbranched alkanes of at least 4 members (excludes halogenated alkanes) is 3. The van der Waals surface area contributed by atoms with E-state index in [-0.39, 0.29) is 0 Å². The summed E-state index contributed by atoms with van der Waals surface area (Å²) in [6.45, 7) is 8.40. The summed E-state index contributed by atoms with van der Waals surface area (Å²) < 4.78 is 0. The van der Waals surface area contributed by atoms with Crippen LogP contribution in [0.4, 0.5) is 0 Å². The molecule has 67 valence electrons. The zero-order valence-corrected chi connectivity index (χ0v) is 8.75. The molecule has 0 amide bonds. The Morgan fingerprint density at radius 3 is 2.55 bits per heavy atom. The zero-order chi connectivity index (χ0) is 8.53. The van der Waals surface area contributed by atoms with Crippen LogP contribution in [0.15, 0.2) is 0 Å². The van der Waals surface area contributed by atoms with Crippen LogP contribution in [0.25, 0.3) is 0 Å². The minimum absolute atomic E-state index is 0.856. The Bertz CT molecular complexity index is 71.3.